The van der Waals surface area contributed by atoms with Gasteiger partial charge >= 0.3 is 6.18 Å². The molecule has 3 rings (SSSR count). The van der Waals surface area contributed by atoms with Gasteiger partial charge in [0.25, 0.3) is 5.91 Å². The molecule has 1 atom stereocenters. The molecule has 3 aromatic carbocycles. The lowest BCUT2D eigenvalue weighted by Gasteiger charge is -2.17. The summed E-state index contributed by atoms with van der Waals surface area (Å²) < 4.78 is 39.1. The van der Waals surface area contributed by atoms with Crippen LogP contribution in [0.1, 0.15) is 34.8 Å². The summed E-state index contributed by atoms with van der Waals surface area (Å²) >= 11 is 7.24. The average Bonchev–Trinajstić information content (AvgIpc) is 2.78. The lowest BCUT2D eigenvalue weighted by atomic mass is 10.1. The lowest BCUT2D eigenvalue weighted by molar-refractivity contribution is -0.137. The normalized spacial score (nSPS) is 12.2. The quantitative estimate of drug-likeness (QED) is 0.328. The van der Waals surface area contributed by atoms with E-state index in [0.717, 1.165) is 28.7 Å². The Morgan fingerprint density at radius 3 is 2.41 bits per heavy atom. The van der Waals surface area contributed by atoms with Crippen molar-refractivity contribution < 1.29 is 22.8 Å². The van der Waals surface area contributed by atoms with E-state index >= 15 is 0 Å². The summed E-state index contributed by atoms with van der Waals surface area (Å²) in [5, 5.41) is 4.78. The van der Waals surface area contributed by atoms with Gasteiger partial charge in [-0.25, -0.2) is 0 Å². The Morgan fingerprint density at radius 1 is 1.00 bits per heavy atom. The molecule has 0 spiro atoms. The number of halogens is 4. The van der Waals surface area contributed by atoms with E-state index in [2.05, 4.69) is 10.6 Å². The number of anilines is 2. The fourth-order valence-electron chi connectivity index (χ4n) is 3.17. The smallest absolute Gasteiger partial charge is 0.324 e. The van der Waals surface area contributed by atoms with Gasteiger partial charge in [-0.3, -0.25) is 9.59 Å². The van der Waals surface area contributed by atoms with Crippen molar-refractivity contribution in [2.45, 2.75) is 36.6 Å². The van der Waals surface area contributed by atoms with Crippen LogP contribution in [0.15, 0.2) is 71.6 Å². The van der Waals surface area contributed by atoms with Crippen LogP contribution in [0.4, 0.5) is 24.5 Å². The zero-order valence-electron chi connectivity index (χ0n) is 18.4. The van der Waals surface area contributed by atoms with E-state index in [1.807, 2.05) is 19.1 Å². The maximum absolute atomic E-state index is 13.0. The maximum atomic E-state index is 13.0. The van der Waals surface area contributed by atoms with E-state index in [9.17, 15) is 22.8 Å². The van der Waals surface area contributed by atoms with Crippen LogP contribution in [0.25, 0.3) is 0 Å². The van der Waals surface area contributed by atoms with Gasteiger partial charge in [0.1, 0.15) is 0 Å². The number of benzene rings is 3. The van der Waals surface area contributed by atoms with Gasteiger partial charge in [-0.15, -0.1) is 11.8 Å². The topological polar surface area (TPSA) is 58.2 Å². The number of carbonyl (C=O) groups is 2. The summed E-state index contributed by atoms with van der Waals surface area (Å²) in [6.45, 7) is 3.65. The van der Waals surface area contributed by atoms with E-state index in [4.69, 9.17) is 11.6 Å². The van der Waals surface area contributed by atoms with E-state index in [0.29, 0.717) is 17.7 Å². The number of alkyl halides is 3. The number of carbonyl (C=O) groups excluding carboxylic acids is 2. The highest BCUT2D eigenvalue weighted by molar-refractivity contribution is 8.00. The molecule has 0 aromatic heterocycles. The molecule has 9 heteroatoms. The fraction of sp³-hybridized carbons (Fsp3) is 0.200. The largest absolute Gasteiger partial charge is 0.416 e. The Hall–Kier alpha value is -2.97. The van der Waals surface area contributed by atoms with E-state index in [-0.39, 0.29) is 16.6 Å². The molecule has 0 bridgehead atoms. The van der Waals surface area contributed by atoms with Crippen molar-refractivity contribution in [2.75, 3.05) is 10.6 Å². The first-order valence-electron chi connectivity index (χ1n) is 10.4. The molecule has 3 aromatic rings. The monoisotopic (exact) mass is 506 g/mol. The minimum Gasteiger partial charge on any atom is -0.324 e. The summed E-state index contributed by atoms with van der Waals surface area (Å²) in [6, 6.07) is 17.0. The molecule has 34 heavy (non-hydrogen) atoms. The third-order valence-corrected chi connectivity index (χ3v) is 6.66. The van der Waals surface area contributed by atoms with Gasteiger partial charge in [0.2, 0.25) is 5.91 Å². The number of thioether (sulfide) groups is 1. The third-order valence-electron chi connectivity index (χ3n) is 4.97. The predicted octanol–water partition coefficient (Wildman–Crippen LogP) is 7.43. The summed E-state index contributed by atoms with van der Waals surface area (Å²) in [6.07, 6.45) is -4.13. The molecule has 0 aliphatic rings. The Labute approximate surface area is 204 Å². The second-order valence-corrected chi connectivity index (χ2v) is 9.18. The summed E-state index contributed by atoms with van der Waals surface area (Å²) in [7, 11) is 0. The van der Waals surface area contributed by atoms with Crippen LogP contribution in [0.3, 0.4) is 0 Å². The molecule has 0 saturated carbocycles. The number of hydrogen-bond acceptors (Lipinski definition) is 3. The third kappa shape index (κ3) is 6.55. The van der Waals surface area contributed by atoms with Gasteiger partial charge in [-0.2, -0.15) is 13.2 Å². The first-order valence-corrected chi connectivity index (χ1v) is 11.7. The fourth-order valence-corrected chi connectivity index (χ4v) is 4.35. The highest BCUT2D eigenvalue weighted by atomic mass is 35.5. The standard InChI is InChI=1S/C25H22ClF3N2O2S/c1-3-22(24(33)31-21-13-16(25(27,28)29)11-12-20(21)26)34-18-9-6-8-17(14-18)30-23(32)19-10-5-4-7-15(19)2/h4-14,22H,3H2,1-2H3,(H,30,32)(H,31,33). The molecule has 0 saturated heterocycles. The van der Waals surface area contributed by atoms with Crippen LogP contribution < -0.4 is 10.6 Å². The molecule has 4 nitrogen and oxygen atoms in total. The first kappa shape index (κ1) is 25.6. The van der Waals surface area contributed by atoms with Crippen LogP contribution >= 0.6 is 23.4 Å². The van der Waals surface area contributed by atoms with E-state index < -0.39 is 22.9 Å². The molecule has 1 unspecified atom stereocenters. The van der Waals surface area contributed by atoms with Crippen LogP contribution in [0.2, 0.25) is 5.02 Å². The molecule has 0 heterocycles. The highest BCUT2D eigenvalue weighted by Crippen LogP contribution is 2.35. The Kier molecular flexibility index (Phi) is 8.28. The molecule has 2 N–H and O–H groups in total. The van der Waals surface area contributed by atoms with Crippen molar-refractivity contribution in [1.29, 1.82) is 0 Å². The van der Waals surface area contributed by atoms with E-state index in [1.165, 1.54) is 11.8 Å². The summed E-state index contributed by atoms with van der Waals surface area (Å²) in [5.41, 5.74) is 0.977. The summed E-state index contributed by atoms with van der Waals surface area (Å²) in [4.78, 5) is 26.1. The molecule has 0 fully saturated rings. The van der Waals surface area contributed by atoms with Gasteiger partial charge in [0.15, 0.2) is 0 Å². The number of aryl methyl sites for hydroxylation is 1. The zero-order chi connectivity index (χ0) is 24.9. The number of nitrogens with one attached hydrogen (secondary N) is 2. The Bertz CT molecular complexity index is 1200. The van der Waals surface area contributed by atoms with Gasteiger partial charge in [-0.05, 0) is 61.4 Å². The van der Waals surface area contributed by atoms with Gasteiger partial charge in [-0.1, -0.05) is 42.8 Å². The molecular weight excluding hydrogens is 485 g/mol. The van der Waals surface area contributed by atoms with Gasteiger partial charge in [0, 0.05) is 16.1 Å². The maximum Gasteiger partial charge on any atom is 0.416 e. The Morgan fingerprint density at radius 2 is 1.74 bits per heavy atom. The van der Waals surface area contributed by atoms with Gasteiger partial charge < -0.3 is 10.6 Å². The van der Waals surface area contributed by atoms with Crippen LogP contribution in [-0.2, 0) is 11.0 Å². The number of rotatable bonds is 7. The van der Waals surface area contributed by atoms with E-state index in [1.54, 1.807) is 43.3 Å². The SMILES string of the molecule is CCC(Sc1cccc(NC(=O)c2ccccc2C)c1)C(=O)Nc1cc(C(F)(F)F)ccc1Cl. The Balaban J connectivity index is 1.71. The van der Waals surface area contributed by atoms with Crippen LogP contribution in [-0.4, -0.2) is 17.1 Å². The van der Waals surface area contributed by atoms with Crippen LogP contribution in [0, 0.1) is 6.92 Å². The second-order valence-electron chi connectivity index (χ2n) is 7.49. The molecule has 0 aliphatic heterocycles. The van der Waals surface area contributed by atoms with Crippen molar-refractivity contribution in [2.24, 2.45) is 0 Å². The molecule has 2 amide bonds. The highest BCUT2D eigenvalue weighted by Gasteiger charge is 2.31. The number of amides is 2. The minimum atomic E-state index is -4.55. The van der Waals surface area contributed by atoms with Crippen molar-refractivity contribution >= 4 is 46.6 Å². The molecule has 178 valence electrons. The van der Waals surface area contributed by atoms with Gasteiger partial charge in [0.05, 0.1) is 21.5 Å². The van der Waals surface area contributed by atoms with Crippen molar-refractivity contribution in [3.63, 3.8) is 0 Å². The summed E-state index contributed by atoms with van der Waals surface area (Å²) in [5.74, 6) is -0.715. The van der Waals surface area contributed by atoms with Crippen LogP contribution in [0.5, 0.6) is 0 Å². The second kappa shape index (κ2) is 11.0. The predicted molar refractivity (Wildman–Crippen MR) is 131 cm³/mol. The molecule has 0 radical (unpaired) electrons. The average molecular weight is 507 g/mol. The minimum absolute atomic E-state index is 0.0159. The number of hydrogen-bond donors (Lipinski definition) is 2. The van der Waals surface area contributed by atoms with Crippen molar-refractivity contribution in [1.82, 2.24) is 0 Å². The molecular formula is C25H22ClF3N2O2S. The van der Waals surface area contributed by atoms with Crippen molar-refractivity contribution in [3.05, 3.63) is 88.4 Å². The van der Waals surface area contributed by atoms with Crippen molar-refractivity contribution in [3.8, 4) is 0 Å². The molecule has 0 aliphatic carbocycles. The zero-order valence-corrected chi connectivity index (χ0v) is 19.9. The lowest BCUT2D eigenvalue weighted by Crippen LogP contribution is -2.25. The first-order chi connectivity index (χ1) is 16.1.